The van der Waals surface area contributed by atoms with E-state index in [9.17, 15) is 13.6 Å². The predicted molar refractivity (Wildman–Crippen MR) is 222 cm³/mol. The number of carboxylic acids is 2. The van der Waals surface area contributed by atoms with Crippen molar-refractivity contribution >= 4 is 52.6 Å². The molecule has 0 spiro atoms. The number of amides is 1. The third-order valence-electron chi connectivity index (χ3n) is 8.64. The zero-order valence-corrected chi connectivity index (χ0v) is 36.1. The monoisotopic (exact) mass is 950 g/mol. The topological polar surface area (TPSA) is 141 Å². The molecule has 12 nitrogen and oxygen atoms in total. The van der Waals surface area contributed by atoms with Crippen LogP contribution in [0.4, 0.5) is 25.0 Å². The van der Waals surface area contributed by atoms with Crippen LogP contribution in [0, 0.1) is 11.6 Å². The van der Waals surface area contributed by atoms with Gasteiger partial charge in [-0.25, -0.2) is 13.6 Å². The summed E-state index contributed by atoms with van der Waals surface area (Å²) in [6.45, 7) is 9.46. The normalized spacial score (nSPS) is 15.6. The Labute approximate surface area is 366 Å². The summed E-state index contributed by atoms with van der Waals surface area (Å²) in [6, 6.07) is 24.7. The van der Waals surface area contributed by atoms with Crippen LogP contribution in [0.5, 0.6) is 11.5 Å². The van der Waals surface area contributed by atoms with E-state index in [1.165, 1.54) is 32.4 Å². The van der Waals surface area contributed by atoms with Gasteiger partial charge in [0.2, 0.25) is 0 Å². The van der Waals surface area contributed by atoms with E-state index in [0.717, 1.165) is 44.6 Å². The minimum Gasteiger partial charge on any atom is -0.497 e. The number of ether oxygens (including phenoxy) is 3. The fourth-order valence-corrected chi connectivity index (χ4v) is 6.35. The van der Waals surface area contributed by atoms with Gasteiger partial charge in [0.25, 0.3) is 11.9 Å². The van der Waals surface area contributed by atoms with E-state index in [1.807, 2.05) is 41.3 Å². The molecule has 2 heterocycles. The van der Waals surface area contributed by atoms with Gasteiger partial charge in [0, 0.05) is 95.7 Å². The summed E-state index contributed by atoms with van der Waals surface area (Å²) in [5.41, 5.74) is 3.11. The molecule has 0 saturated carbocycles. The Bertz CT molecular complexity index is 1940. The van der Waals surface area contributed by atoms with E-state index in [1.54, 1.807) is 41.3 Å². The maximum Gasteiger partial charge on any atom is 0.410 e. The van der Waals surface area contributed by atoms with Crippen LogP contribution >= 0.6 is 23.2 Å². The molecule has 0 aliphatic carbocycles. The summed E-state index contributed by atoms with van der Waals surface area (Å²) >= 11 is 12.0. The van der Waals surface area contributed by atoms with Gasteiger partial charge in [-0.2, -0.15) is 0 Å². The van der Waals surface area contributed by atoms with Gasteiger partial charge in [-0.3, -0.25) is 9.59 Å². The van der Waals surface area contributed by atoms with Gasteiger partial charge in [0.05, 0.1) is 37.7 Å². The SMILES string of the molecule is C=CCOC(=O)N1CCN(c2ccc(OC)cc2F)[C@H](c2ccc(Cl)cc2)C1.CC(=O)O.CC(=O)O.COc1ccc(N2CCNC[C@H]2c2ccc(Cl)cc2)c(F)c1.[Pd]. The van der Waals surface area contributed by atoms with Crippen LogP contribution in [0.25, 0.3) is 0 Å². The zero-order valence-electron chi connectivity index (χ0n) is 33.0. The number of carboxylic acid groups (broad SMARTS) is 2. The van der Waals surface area contributed by atoms with Crippen LogP contribution < -0.4 is 24.6 Å². The number of hydrogen-bond acceptors (Lipinski definition) is 9. The first-order chi connectivity index (χ1) is 27.7. The van der Waals surface area contributed by atoms with E-state index in [4.69, 9.17) is 57.2 Å². The average molecular weight is 952 g/mol. The van der Waals surface area contributed by atoms with Crippen molar-refractivity contribution in [1.82, 2.24) is 10.2 Å². The Morgan fingerprint density at radius 1 is 0.763 bits per heavy atom. The quantitative estimate of drug-likeness (QED) is 0.116. The first kappa shape index (κ1) is 50.2. The number of nitrogens with zero attached hydrogens (tertiary/aromatic N) is 3. The maximum atomic E-state index is 14.7. The molecular weight excluding hydrogens is 904 g/mol. The molecule has 0 aromatic heterocycles. The molecular formula is C42H48Cl2F2N4O8Pd. The number of carbonyl (C=O) groups is 3. The minimum atomic E-state index is -0.833. The fraction of sp³-hybridized carbons (Fsp3) is 0.310. The second-order valence-corrected chi connectivity index (χ2v) is 13.6. The van der Waals surface area contributed by atoms with Crippen LogP contribution in [-0.4, -0.2) is 93.2 Å². The maximum absolute atomic E-state index is 14.7. The molecule has 2 saturated heterocycles. The Morgan fingerprint density at radius 3 is 1.63 bits per heavy atom. The summed E-state index contributed by atoms with van der Waals surface area (Å²) in [7, 11) is 3.04. The predicted octanol–water partition coefficient (Wildman–Crippen LogP) is 8.49. The molecule has 3 N–H and O–H groups in total. The number of piperazine rings is 2. The molecule has 59 heavy (non-hydrogen) atoms. The van der Waals surface area contributed by atoms with Gasteiger partial charge < -0.3 is 44.4 Å². The number of hydrogen-bond donors (Lipinski definition) is 3. The number of benzene rings is 4. The van der Waals surface area contributed by atoms with E-state index in [2.05, 4.69) is 16.8 Å². The van der Waals surface area contributed by atoms with Gasteiger partial charge >= 0.3 is 6.09 Å². The van der Waals surface area contributed by atoms with Gasteiger partial charge in [-0.15, -0.1) is 0 Å². The zero-order chi connectivity index (χ0) is 42.8. The van der Waals surface area contributed by atoms with Crippen molar-refractivity contribution in [3.05, 3.63) is 130 Å². The van der Waals surface area contributed by atoms with E-state index in [-0.39, 0.29) is 50.7 Å². The molecule has 0 unspecified atom stereocenters. The van der Waals surface area contributed by atoms with Crippen LogP contribution in [-0.2, 0) is 34.7 Å². The second kappa shape index (κ2) is 25.5. The standard InChI is InChI=1S/C21H22ClFN2O3.C17H18ClFN2O.2C2H4O2.Pd/c1-3-12-28-21(26)24-10-11-25(19-9-8-17(27-2)13-18(19)23)20(14-24)15-4-6-16(22)7-5-15;1-22-14-6-7-16(15(19)10-14)21-9-8-20-11-17(21)12-2-4-13(18)5-3-12;2*1-2(3)4;/h3-9,13,20H,1,10-12,14H2,2H3;2-7,10,17,20H,8-9,11H2,1H3;2*1H3,(H,3,4);/t20-;17-;;;/m00.../s1. The van der Waals surface area contributed by atoms with Crippen molar-refractivity contribution in [3.63, 3.8) is 0 Å². The number of nitrogens with one attached hydrogen (secondary N) is 1. The summed E-state index contributed by atoms with van der Waals surface area (Å²) < 4.78 is 44.5. The van der Waals surface area contributed by atoms with Gasteiger partial charge in [0.1, 0.15) is 29.7 Å². The Kier molecular flexibility index (Phi) is 21.8. The fourth-order valence-electron chi connectivity index (χ4n) is 6.10. The van der Waals surface area contributed by atoms with E-state index >= 15 is 0 Å². The second-order valence-electron chi connectivity index (χ2n) is 12.7. The molecule has 322 valence electrons. The van der Waals surface area contributed by atoms with Gasteiger partial charge in [-0.05, 0) is 59.7 Å². The largest absolute Gasteiger partial charge is 0.497 e. The van der Waals surface area contributed by atoms with Gasteiger partial charge in [0.15, 0.2) is 0 Å². The van der Waals surface area contributed by atoms with Crippen molar-refractivity contribution in [2.24, 2.45) is 0 Å². The number of aliphatic carboxylic acids is 2. The first-order valence-electron chi connectivity index (χ1n) is 18.0. The average Bonchev–Trinajstić information content (AvgIpc) is 3.20. The molecule has 0 radical (unpaired) electrons. The van der Waals surface area contributed by atoms with Crippen molar-refractivity contribution in [1.29, 1.82) is 0 Å². The number of halogens is 4. The van der Waals surface area contributed by atoms with Crippen molar-refractivity contribution in [3.8, 4) is 11.5 Å². The Hall–Kier alpha value is -4.91. The molecule has 6 rings (SSSR count). The molecule has 2 aliphatic heterocycles. The van der Waals surface area contributed by atoms with Crippen LogP contribution in [0.1, 0.15) is 37.1 Å². The number of rotatable bonds is 8. The van der Waals surface area contributed by atoms with Crippen molar-refractivity contribution in [2.75, 3.05) is 69.9 Å². The van der Waals surface area contributed by atoms with E-state index in [0.29, 0.717) is 52.6 Å². The van der Waals surface area contributed by atoms with Crippen LogP contribution in [0.15, 0.2) is 97.6 Å². The summed E-state index contributed by atoms with van der Waals surface area (Å²) in [5.74, 6) is -1.32. The minimum absolute atomic E-state index is 0. The third kappa shape index (κ3) is 16.0. The van der Waals surface area contributed by atoms with Crippen molar-refractivity contribution in [2.45, 2.75) is 25.9 Å². The Morgan fingerprint density at radius 2 is 1.20 bits per heavy atom. The van der Waals surface area contributed by atoms with Crippen molar-refractivity contribution < 1.29 is 68.0 Å². The molecule has 4 aromatic carbocycles. The third-order valence-corrected chi connectivity index (χ3v) is 9.15. The molecule has 0 bridgehead atoms. The van der Waals surface area contributed by atoms with E-state index < -0.39 is 18.0 Å². The summed E-state index contributed by atoms with van der Waals surface area (Å²) in [5, 5.41) is 19.5. The van der Waals surface area contributed by atoms with Crippen LogP contribution in [0.3, 0.4) is 0 Å². The molecule has 2 aliphatic rings. The molecule has 2 atom stereocenters. The van der Waals surface area contributed by atoms with Gasteiger partial charge in [-0.1, -0.05) is 60.1 Å². The smallest absolute Gasteiger partial charge is 0.410 e. The number of carbonyl (C=O) groups excluding carboxylic acids is 1. The number of anilines is 2. The molecule has 4 aromatic rings. The first-order valence-corrected chi connectivity index (χ1v) is 18.8. The van der Waals surface area contributed by atoms with Crippen LogP contribution in [0.2, 0.25) is 10.0 Å². The summed E-state index contributed by atoms with van der Waals surface area (Å²) in [6.07, 6.45) is 1.12. The summed E-state index contributed by atoms with van der Waals surface area (Å²) in [4.78, 5) is 36.0. The number of methoxy groups -OCH3 is 2. The molecule has 2 fully saturated rings. The molecule has 17 heteroatoms. The molecule has 1 amide bonds. The Balaban J connectivity index is 0.000000345.